The van der Waals surface area contributed by atoms with Crippen LogP contribution in [0.25, 0.3) is 0 Å². The third kappa shape index (κ3) is 3.99. The van der Waals surface area contributed by atoms with Crippen molar-refractivity contribution in [1.82, 2.24) is 0 Å². The Balaban J connectivity index is 2.06. The molecule has 0 saturated heterocycles. The minimum Gasteiger partial charge on any atom is -0.494 e. The van der Waals surface area contributed by atoms with Gasteiger partial charge in [0.25, 0.3) is 0 Å². The van der Waals surface area contributed by atoms with Crippen molar-refractivity contribution < 1.29 is 9.84 Å². The van der Waals surface area contributed by atoms with Gasteiger partial charge in [0.2, 0.25) is 0 Å². The summed E-state index contributed by atoms with van der Waals surface area (Å²) in [7, 11) is 0. The van der Waals surface area contributed by atoms with Gasteiger partial charge >= 0.3 is 0 Å². The molecule has 0 heterocycles. The topological polar surface area (TPSA) is 41.5 Å². The average molecular weight is 336 g/mol. The number of hydrogen-bond acceptors (Lipinski definition) is 3. The quantitative estimate of drug-likeness (QED) is 0.839. The number of benzene rings is 2. The van der Waals surface area contributed by atoms with Gasteiger partial charge in [0, 0.05) is 22.3 Å². The van der Waals surface area contributed by atoms with Crippen LogP contribution < -0.4 is 10.1 Å². The molecular formula is C16H18BrNO2. The molecule has 0 spiro atoms. The van der Waals surface area contributed by atoms with Crippen LogP contribution in [-0.2, 0) is 13.2 Å². The standard InChI is InChI=1S/C16H18BrNO2/c1-2-20-16-7-6-15(9-13(16)11-19)18-10-12-4-3-5-14(17)8-12/h3-9,18-19H,2,10-11H2,1H3. The maximum atomic E-state index is 9.38. The third-order valence-electron chi connectivity index (χ3n) is 2.92. The van der Waals surface area contributed by atoms with E-state index in [9.17, 15) is 5.11 Å². The number of aliphatic hydroxyl groups is 1. The Kier molecular flexibility index (Phi) is 5.44. The monoisotopic (exact) mass is 335 g/mol. The molecule has 2 rings (SSSR count). The molecular weight excluding hydrogens is 318 g/mol. The first kappa shape index (κ1) is 14.9. The third-order valence-corrected chi connectivity index (χ3v) is 3.41. The number of hydrogen-bond donors (Lipinski definition) is 2. The highest BCUT2D eigenvalue weighted by molar-refractivity contribution is 9.10. The van der Waals surface area contributed by atoms with Gasteiger partial charge in [-0.3, -0.25) is 0 Å². The summed E-state index contributed by atoms with van der Waals surface area (Å²) in [4.78, 5) is 0. The van der Waals surface area contributed by atoms with E-state index >= 15 is 0 Å². The van der Waals surface area contributed by atoms with Gasteiger partial charge in [-0.25, -0.2) is 0 Å². The fourth-order valence-corrected chi connectivity index (χ4v) is 2.41. The van der Waals surface area contributed by atoms with Gasteiger partial charge in [-0.2, -0.15) is 0 Å². The number of anilines is 1. The van der Waals surface area contributed by atoms with Crippen LogP contribution in [0.3, 0.4) is 0 Å². The highest BCUT2D eigenvalue weighted by Crippen LogP contribution is 2.23. The van der Waals surface area contributed by atoms with E-state index in [1.54, 1.807) is 0 Å². The maximum absolute atomic E-state index is 9.38. The fraction of sp³-hybridized carbons (Fsp3) is 0.250. The van der Waals surface area contributed by atoms with Crippen molar-refractivity contribution in [3.05, 3.63) is 58.1 Å². The minimum atomic E-state index is -0.0261. The van der Waals surface area contributed by atoms with Crippen molar-refractivity contribution in [3.63, 3.8) is 0 Å². The molecule has 0 aromatic heterocycles. The van der Waals surface area contributed by atoms with Crippen molar-refractivity contribution in [2.24, 2.45) is 0 Å². The molecule has 0 aliphatic carbocycles. The minimum absolute atomic E-state index is 0.0261. The lowest BCUT2D eigenvalue weighted by Gasteiger charge is -2.12. The van der Waals surface area contributed by atoms with Crippen LogP contribution in [-0.4, -0.2) is 11.7 Å². The summed E-state index contributed by atoms with van der Waals surface area (Å²) in [5, 5.41) is 12.7. The Labute approximate surface area is 127 Å². The van der Waals surface area contributed by atoms with Crippen LogP contribution in [0.15, 0.2) is 46.9 Å². The molecule has 0 unspecified atom stereocenters. The van der Waals surface area contributed by atoms with E-state index in [1.165, 1.54) is 5.56 Å². The zero-order valence-corrected chi connectivity index (χ0v) is 13.0. The summed E-state index contributed by atoms with van der Waals surface area (Å²) in [5.74, 6) is 0.739. The molecule has 106 valence electrons. The van der Waals surface area contributed by atoms with Crippen LogP contribution in [0.4, 0.5) is 5.69 Å². The predicted molar refractivity (Wildman–Crippen MR) is 85.0 cm³/mol. The fourth-order valence-electron chi connectivity index (χ4n) is 1.96. The molecule has 0 radical (unpaired) electrons. The van der Waals surface area contributed by atoms with Crippen molar-refractivity contribution in [3.8, 4) is 5.75 Å². The molecule has 0 amide bonds. The summed E-state index contributed by atoms with van der Waals surface area (Å²) < 4.78 is 6.54. The maximum Gasteiger partial charge on any atom is 0.124 e. The van der Waals surface area contributed by atoms with E-state index in [-0.39, 0.29) is 6.61 Å². The zero-order valence-electron chi connectivity index (χ0n) is 11.4. The first-order valence-corrected chi connectivity index (χ1v) is 7.37. The Morgan fingerprint density at radius 2 is 2.05 bits per heavy atom. The van der Waals surface area contributed by atoms with Crippen molar-refractivity contribution in [1.29, 1.82) is 0 Å². The van der Waals surface area contributed by atoms with Crippen LogP contribution in [0.2, 0.25) is 0 Å². The summed E-state index contributed by atoms with van der Waals surface area (Å²) in [6, 6.07) is 13.9. The molecule has 4 heteroatoms. The first-order chi connectivity index (χ1) is 9.72. The van der Waals surface area contributed by atoms with E-state index in [2.05, 4.69) is 33.4 Å². The largest absolute Gasteiger partial charge is 0.494 e. The highest BCUT2D eigenvalue weighted by atomic mass is 79.9. The lowest BCUT2D eigenvalue weighted by molar-refractivity contribution is 0.267. The second kappa shape index (κ2) is 7.31. The second-order valence-electron chi connectivity index (χ2n) is 4.40. The van der Waals surface area contributed by atoms with Crippen LogP contribution in [0, 0.1) is 0 Å². The smallest absolute Gasteiger partial charge is 0.124 e. The molecule has 2 N–H and O–H groups in total. The van der Waals surface area contributed by atoms with Crippen molar-refractivity contribution >= 4 is 21.6 Å². The summed E-state index contributed by atoms with van der Waals surface area (Å²) >= 11 is 3.46. The van der Waals surface area contributed by atoms with E-state index < -0.39 is 0 Å². The molecule has 0 aliphatic rings. The predicted octanol–water partition coefficient (Wildman–Crippen LogP) is 3.95. The number of aliphatic hydroxyl groups excluding tert-OH is 1. The molecule has 0 atom stereocenters. The Morgan fingerprint density at radius 3 is 2.75 bits per heavy atom. The van der Waals surface area contributed by atoms with Gasteiger partial charge in [0.1, 0.15) is 5.75 Å². The molecule has 0 bridgehead atoms. The van der Waals surface area contributed by atoms with Crippen molar-refractivity contribution in [2.45, 2.75) is 20.1 Å². The van der Waals surface area contributed by atoms with Gasteiger partial charge in [-0.1, -0.05) is 28.1 Å². The van der Waals surface area contributed by atoms with Crippen LogP contribution >= 0.6 is 15.9 Å². The van der Waals surface area contributed by atoms with Crippen LogP contribution in [0.5, 0.6) is 5.75 Å². The number of nitrogens with one attached hydrogen (secondary N) is 1. The average Bonchev–Trinajstić information content (AvgIpc) is 2.46. The Bertz CT molecular complexity index is 572. The van der Waals surface area contributed by atoms with Crippen molar-refractivity contribution in [2.75, 3.05) is 11.9 Å². The Hall–Kier alpha value is -1.52. The number of halogens is 1. The van der Waals surface area contributed by atoms with Gasteiger partial charge in [0.15, 0.2) is 0 Å². The van der Waals surface area contributed by atoms with E-state index in [4.69, 9.17) is 4.74 Å². The zero-order chi connectivity index (χ0) is 14.4. The molecule has 0 aliphatic heterocycles. The number of ether oxygens (including phenoxy) is 1. The van der Waals surface area contributed by atoms with Gasteiger partial charge in [-0.15, -0.1) is 0 Å². The molecule has 2 aromatic carbocycles. The molecule has 0 saturated carbocycles. The lowest BCUT2D eigenvalue weighted by Crippen LogP contribution is -2.02. The van der Waals surface area contributed by atoms with Gasteiger partial charge in [-0.05, 0) is 42.8 Å². The Morgan fingerprint density at radius 1 is 1.20 bits per heavy atom. The summed E-state index contributed by atoms with van der Waals surface area (Å²) in [6.07, 6.45) is 0. The second-order valence-corrected chi connectivity index (χ2v) is 5.31. The molecule has 3 nitrogen and oxygen atoms in total. The molecule has 2 aromatic rings. The van der Waals surface area contributed by atoms with E-state index in [0.29, 0.717) is 6.61 Å². The van der Waals surface area contributed by atoms with E-state index in [1.807, 2.05) is 37.3 Å². The van der Waals surface area contributed by atoms with E-state index in [0.717, 1.165) is 28.0 Å². The van der Waals surface area contributed by atoms with Gasteiger partial charge < -0.3 is 15.2 Å². The molecule has 0 fully saturated rings. The highest BCUT2D eigenvalue weighted by Gasteiger charge is 2.04. The normalized spacial score (nSPS) is 10.3. The summed E-state index contributed by atoms with van der Waals surface area (Å²) in [6.45, 7) is 3.23. The van der Waals surface area contributed by atoms with Gasteiger partial charge in [0.05, 0.1) is 13.2 Å². The lowest BCUT2D eigenvalue weighted by atomic mass is 10.1. The number of rotatable bonds is 6. The first-order valence-electron chi connectivity index (χ1n) is 6.58. The SMILES string of the molecule is CCOc1ccc(NCc2cccc(Br)c2)cc1CO. The molecule has 20 heavy (non-hydrogen) atoms. The summed E-state index contributed by atoms with van der Waals surface area (Å²) in [5.41, 5.74) is 2.96. The van der Waals surface area contributed by atoms with Crippen LogP contribution in [0.1, 0.15) is 18.1 Å².